The van der Waals surface area contributed by atoms with Gasteiger partial charge in [-0.1, -0.05) is 32.2 Å². The van der Waals surface area contributed by atoms with Crippen LogP contribution in [-0.2, 0) is 11.0 Å². The van der Waals surface area contributed by atoms with Gasteiger partial charge in [-0.3, -0.25) is 4.79 Å². The molecule has 3 rings (SSSR count). The summed E-state index contributed by atoms with van der Waals surface area (Å²) >= 11 is 0. The SMILES string of the molecule is CC(CCN(C=O)c1c(F)cc(-c2ccccc2P(C)C)cc1F)NC(=O)Nc1ccc(C(F)(F)F)cc1F. The molecule has 1 atom stereocenters. The van der Waals surface area contributed by atoms with Crippen molar-refractivity contribution in [2.75, 3.05) is 30.1 Å². The van der Waals surface area contributed by atoms with Gasteiger partial charge in [0.05, 0.1) is 11.3 Å². The molecule has 3 aromatic rings. The van der Waals surface area contributed by atoms with Crippen molar-refractivity contribution in [1.29, 1.82) is 0 Å². The van der Waals surface area contributed by atoms with Gasteiger partial charge in [0.1, 0.15) is 11.5 Å². The number of hydrogen-bond acceptors (Lipinski definition) is 2. The van der Waals surface area contributed by atoms with Crippen LogP contribution in [0.15, 0.2) is 54.6 Å². The number of nitrogens with zero attached hydrogens (tertiary/aromatic N) is 1. The molecule has 0 radical (unpaired) electrons. The van der Waals surface area contributed by atoms with Gasteiger partial charge >= 0.3 is 12.2 Å². The average Bonchev–Trinajstić information content (AvgIpc) is 2.85. The predicted octanol–water partition coefficient (Wildman–Crippen LogP) is 6.72. The average molecular weight is 569 g/mol. The van der Waals surface area contributed by atoms with E-state index in [4.69, 9.17) is 0 Å². The van der Waals surface area contributed by atoms with Crippen LogP contribution in [0.25, 0.3) is 11.1 Å². The van der Waals surface area contributed by atoms with E-state index in [1.165, 1.54) is 19.1 Å². The van der Waals surface area contributed by atoms with Crippen LogP contribution in [-0.4, -0.2) is 38.4 Å². The Kier molecular flexibility index (Phi) is 9.61. The smallest absolute Gasteiger partial charge is 0.335 e. The monoisotopic (exact) mass is 569 g/mol. The third-order valence-corrected chi connectivity index (χ3v) is 7.21. The quantitative estimate of drug-likeness (QED) is 0.171. The van der Waals surface area contributed by atoms with Crippen LogP contribution in [0.2, 0.25) is 0 Å². The molecule has 1 unspecified atom stereocenters. The highest BCUT2D eigenvalue weighted by atomic mass is 31.1. The molecule has 0 heterocycles. The fraction of sp³-hybridized carbons (Fsp3) is 0.259. The van der Waals surface area contributed by atoms with E-state index in [9.17, 15) is 27.2 Å². The summed E-state index contributed by atoms with van der Waals surface area (Å²) in [6.07, 6.45) is -4.41. The molecule has 3 amide bonds. The van der Waals surface area contributed by atoms with Crippen molar-refractivity contribution in [3.63, 3.8) is 0 Å². The third kappa shape index (κ3) is 7.50. The van der Waals surface area contributed by atoms with Crippen LogP contribution < -0.4 is 20.8 Å². The number of hydrogen-bond donors (Lipinski definition) is 2. The topological polar surface area (TPSA) is 61.4 Å². The zero-order valence-corrected chi connectivity index (χ0v) is 22.1. The second-order valence-electron chi connectivity index (χ2n) is 8.98. The molecule has 3 aromatic carbocycles. The second kappa shape index (κ2) is 12.5. The lowest BCUT2D eigenvalue weighted by Gasteiger charge is -2.22. The number of benzene rings is 3. The molecule has 0 aliphatic rings. The van der Waals surface area contributed by atoms with E-state index in [0.717, 1.165) is 16.3 Å². The Labute approximate surface area is 223 Å². The number of carbonyl (C=O) groups excluding carboxylic acids is 2. The van der Waals surface area contributed by atoms with E-state index in [1.807, 2.05) is 25.5 Å². The number of alkyl halides is 3. The Morgan fingerprint density at radius 1 is 1.00 bits per heavy atom. The zero-order chi connectivity index (χ0) is 28.9. The van der Waals surface area contributed by atoms with Gasteiger partial charge in [-0.25, -0.2) is 18.0 Å². The first-order valence-electron chi connectivity index (χ1n) is 11.7. The van der Waals surface area contributed by atoms with Gasteiger partial charge in [0, 0.05) is 12.6 Å². The van der Waals surface area contributed by atoms with Crippen molar-refractivity contribution >= 4 is 37.0 Å². The maximum absolute atomic E-state index is 15.1. The summed E-state index contributed by atoms with van der Waals surface area (Å²) in [5.41, 5.74) is -1.17. The summed E-state index contributed by atoms with van der Waals surface area (Å²) in [4.78, 5) is 24.7. The zero-order valence-electron chi connectivity index (χ0n) is 21.2. The summed E-state index contributed by atoms with van der Waals surface area (Å²) in [6, 6.07) is 9.74. The molecule has 5 nitrogen and oxygen atoms in total. The molecule has 0 aliphatic carbocycles. The first kappa shape index (κ1) is 30.0. The van der Waals surface area contributed by atoms with Gasteiger partial charge in [0.25, 0.3) is 0 Å². The second-order valence-corrected chi connectivity index (χ2v) is 11.3. The van der Waals surface area contributed by atoms with E-state index < -0.39 is 60.6 Å². The summed E-state index contributed by atoms with van der Waals surface area (Å²) < 4.78 is 82.2. The maximum atomic E-state index is 15.1. The van der Waals surface area contributed by atoms with Crippen LogP contribution in [0.1, 0.15) is 18.9 Å². The van der Waals surface area contributed by atoms with Crippen molar-refractivity contribution in [2.45, 2.75) is 25.6 Å². The van der Waals surface area contributed by atoms with Crippen molar-refractivity contribution < 1.29 is 35.9 Å². The van der Waals surface area contributed by atoms with Crippen LogP contribution in [0, 0.1) is 17.5 Å². The van der Waals surface area contributed by atoms with E-state index >= 15 is 8.78 Å². The normalized spacial score (nSPS) is 12.3. The lowest BCUT2D eigenvalue weighted by Crippen LogP contribution is -2.38. The molecule has 0 aliphatic heterocycles. The Bertz CT molecular complexity index is 1330. The molecule has 0 aromatic heterocycles. The fourth-order valence-corrected chi connectivity index (χ4v) is 4.97. The van der Waals surface area contributed by atoms with Gasteiger partial charge in [-0.15, -0.1) is 0 Å². The van der Waals surface area contributed by atoms with Crippen molar-refractivity contribution in [3.05, 3.63) is 77.6 Å². The van der Waals surface area contributed by atoms with Gasteiger partial charge in [-0.2, -0.15) is 13.2 Å². The first-order valence-corrected chi connectivity index (χ1v) is 14.0. The summed E-state index contributed by atoms with van der Waals surface area (Å²) in [6.45, 7) is 5.42. The van der Waals surface area contributed by atoms with Crippen LogP contribution in [0.4, 0.5) is 42.5 Å². The largest absolute Gasteiger partial charge is 0.416 e. The van der Waals surface area contributed by atoms with E-state index in [0.29, 0.717) is 17.2 Å². The minimum atomic E-state index is -4.74. The van der Waals surface area contributed by atoms with Crippen LogP contribution in [0.5, 0.6) is 0 Å². The van der Waals surface area contributed by atoms with Gasteiger partial charge in [0.15, 0.2) is 11.6 Å². The molecular weight excluding hydrogens is 543 g/mol. The molecule has 39 heavy (non-hydrogen) atoms. The minimum Gasteiger partial charge on any atom is -0.335 e. The molecule has 208 valence electrons. The van der Waals surface area contributed by atoms with Crippen molar-refractivity contribution in [3.8, 4) is 11.1 Å². The van der Waals surface area contributed by atoms with E-state index in [-0.39, 0.29) is 25.4 Å². The number of amides is 3. The van der Waals surface area contributed by atoms with Crippen LogP contribution in [0.3, 0.4) is 0 Å². The lowest BCUT2D eigenvalue weighted by atomic mass is 10.0. The predicted molar refractivity (Wildman–Crippen MR) is 141 cm³/mol. The Morgan fingerprint density at radius 2 is 1.64 bits per heavy atom. The van der Waals surface area contributed by atoms with Crippen LogP contribution >= 0.6 is 7.92 Å². The number of rotatable bonds is 9. The number of halogens is 6. The Morgan fingerprint density at radius 3 is 2.21 bits per heavy atom. The fourth-order valence-electron chi connectivity index (χ4n) is 3.90. The third-order valence-electron chi connectivity index (χ3n) is 5.85. The maximum Gasteiger partial charge on any atom is 0.416 e. The molecule has 0 saturated carbocycles. The molecule has 0 saturated heterocycles. The van der Waals surface area contributed by atoms with Crippen molar-refractivity contribution in [1.82, 2.24) is 5.32 Å². The minimum absolute atomic E-state index is 0.0566. The van der Waals surface area contributed by atoms with E-state index in [2.05, 4.69) is 10.6 Å². The number of anilines is 2. The van der Waals surface area contributed by atoms with E-state index in [1.54, 1.807) is 12.1 Å². The molecule has 0 bridgehead atoms. The molecular formula is C27H26F6N3O2P. The number of nitrogens with one attached hydrogen (secondary N) is 2. The molecule has 12 heteroatoms. The Balaban J connectivity index is 1.66. The first-order chi connectivity index (χ1) is 18.3. The summed E-state index contributed by atoms with van der Waals surface area (Å²) in [5, 5.41) is 5.52. The highest BCUT2D eigenvalue weighted by molar-refractivity contribution is 7.64. The standard InChI is InChI=1S/C27H26F6N3O2P/c1-16(34-26(38)35-23-9-8-18(14-20(23)28)27(31,32)33)10-11-36(15-37)25-21(29)12-17(13-22(25)30)19-6-4-5-7-24(19)39(2)3/h4-9,12-16H,10-11H2,1-3H3,(H2,34,35,38). The number of carbonyl (C=O) groups is 2. The number of urea groups is 1. The molecule has 0 fully saturated rings. The Hall–Kier alpha value is -3.59. The highest BCUT2D eigenvalue weighted by Gasteiger charge is 2.31. The van der Waals surface area contributed by atoms with Gasteiger partial charge in [-0.05, 0) is 73.4 Å². The lowest BCUT2D eigenvalue weighted by molar-refractivity contribution is -0.137. The van der Waals surface area contributed by atoms with Gasteiger partial charge < -0.3 is 15.5 Å². The molecule has 2 N–H and O–H groups in total. The summed E-state index contributed by atoms with van der Waals surface area (Å²) in [7, 11) is -0.545. The van der Waals surface area contributed by atoms with Crippen molar-refractivity contribution in [2.24, 2.45) is 0 Å². The summed E-state index contributed by atoms with van der Waals surface area (Å²) in [5.74, 6) is -3.13. The molecule has 0 spiro atoms. The van der Waals surface area contributed by atoms with Gasteiger partial charge in [0.2, 0.25) is 6.41 Å². The highest BCUT2D eigenvalue weighted by Crippen LogP contribution is 2.34.